The van der Waals surface area contributed by atoms with Crippen LogP contribution in [0.2, 0.25) is 0 Å². The Labute approximate surface area is 101 Å². The first kappa shape index (κ1) is 11.5. The fourth-order valence-electron chi connectivity index (χ4n) is 2.13. The molecule has 0 aliphatic carbocycles. The summed E-state index contributed by atoms with van der Waals surface area (Å²) >= 11 is 5.63. The topological polar surface area (TPSA) is 26.3 Å². The molecular weight excluding hydrogens is 224 g/mol. The minimum absolute atomic E-state index is 0.0642. The quantitative estimate of drug-likeness (QED) is 0.455. The summed E-state index contributed by atoms with van der Waals surface area (Å²) in [5.74, 6) is 0.491. The maximum absolute atomic E-state index is 11.7. The highest BCUT2D eigenvalue weighted by atomic mass is 35.5. The molecule has 0 bridgehead atoms. The van der Waals surface area contributed by atoms with Crippen molar-refractivity contribution >= 4 is 17.6 Å². The molecule has 0 spiro atoms. The van der Waals surface area contributed by atoms with Crippen LogP contribution >= 0.6 is 11.6 Å². The van der Waals surface area contributed by atoms with E-state index in [1.807, 2.05) is 25.1 Å². The van der Waals surface area contributed by atoms with Crippen LogP contribution in [0.3, 0.4) is 0 Å². The summed E-state index contributed by atoms with van der Waals surface area (Å²) in [6.07, 6.45) is 2.77. The highest BCUT2D eigenvalue weighted by molar-refractivity contribution is 6.17. The number of ether oxygens (including phenoxy) is 1. The molecule has 2 rings (SSSR count). The van der Waals surface area contributed by atoms with Gasteiger partial charge >= 0.3 is 5.97 Å². The SMILES string of the molecule is Cc1cccc2c1C(=O)OC2CCCCCl. The van der Waals surface area contributed by atoms with Crippen LogP contribution in [0.5, 0.6) is 0 Å². The molecule has 86 valence electrons. The number of aryl methyl sites for hydroxylation is 1. The monoisotopic (exact) mass is 238 g/mol. The van der Waals surface area contributed by atoms with Gasteiger partial charge in [0.05, 0.1) is 5.56 Å². The van der Waals surface area contributed by atoms with E-state index in [0.29, 0.717) is 5.88 Å². The average Bonchev–Trinajstić information content (AvgIpc) is 2.58. The zero-order valence-electron chi connectivity index (χ0n) is 9.33. The van der Waals surface area contributed by atoms with Gasteiger partial charge in [0.2, 0.25) is 0 Å². The minimum atomic E-state index is -0.177. The minimum Gasteiger partial charge on any atom is -0.454 e. The second-order valence-corrected chi connectivity index (χ2v) is 4.50. The number of halogens is 1. The van der Waals surface area contributed by atoms with E-state index >= 15 is 0 Å². The maximum atomic E-state index is 11.7. The van der Waals surface area contributed by atoms with Crippen LogP contribution < -0.4 is 0 Å². The van der Waals surface area contributed by atoms with Gasteiger partial charge in [0.25, 0.3) is 0 Å². The third-order valence-electron chi connectivity index (χ3n) is 2.96. The van der Waals surface area contributed by atoms with Gasteiger partial charge in [-0.05, 0) is 31.7 Å². The van der Waals surface area contributed by atoms with E-state index in [1.165, 1.54) is 0 Å². The second kappa shape index (κ2) is 4.88. The summed E-state index contributed by atoms with van der Waals surface area (Å²) < 4.78 is 5.38. The molecule has 0 N–H and O–H groups in total. The zero-order valence-corrected chi connectivity index (χ0v) is 10.1. The Bertz CT molecular complexity index is 401. The number of benzene rings is 1. The van der Waals surface area contributed by atoms with Crippen molar-refractivity contribution in [3.8, 4) is 0 Å². The van der Waals surface area contributed by atoms with Gasteiger partial charge in [-0.1, -0.05) is 18.2 Å². The summed E-state index contributed by atoms with van der Waals surface area (Å²) in [5, 5.41) is 0. The van der Waals surface area contributed by atoms with Crippen molar-refractivity contribution in [3.05, 3.63) is 34.9 Å². The summed E-state index contributed by atoms with van der Waals surface area (Å²) in [6.45, 7) is 1.95. The molecule has 0 saturated heterocycles. The molecule has 1 aromatic carbocycles. The normalized spacial score (nSPS) is 18.4. The Hall–Kier alpha value is -1.02. The summed E-state index contributed by atoms with van der Waals surface area (Å²) in [4.78, 5) is 11.7. The molecule has 1 unspecified atom stereocenters. The Morgan fingerprint density at radius 3 is 2.94 bits per heavy atom. The fourth-order valence-corrected chi connectivity index (χ4v) is 2.32. The van der Waals surface area contributed by atoms with Crippen molar-refractivity contribution in [1.82, 2.24) is 0 Å². The standard InChI is InChI=1S/C13H15ClO2/c1-9-5-4-6-10-11(7-2-3-8-14)16-13(15)12(9)10/h4-6,11H,2-3,7-8H2,1H3. The van der Waals surface area contributed by atoms with Crippen molar-refractivity contribution < 1.29 is 9.53 Å². The van der Waals surface area contributed by atoms with Crippen molar-refractivity contribution in [2.45, 2.75) is 32.3 Å². The molecule has 1 heterocycles. The highest BCUT2D eigenvalue weighted by Gasteiger charge is 2.31. The number of cyclic esters (lactones) is 1. The number of esters is 1. The smallest absolute Gasteiger partial charge is 0.339 e. The molecule has 1 atom stereocenters. The Balaban J connectivity index is 2.16. The summed E-state index contributed by atoms with van der Waals surface area (Å²) in [5.41, 5.74) is 2.81. The van der Waals surface area contributed by atoms with Crippen molar-refractivity contribution in [2.24, 2.45) is 0 Å². The number of hydrogen-bond donors (Lipinski definition) is 0. The number of rotatable bonds is 4. The number of carbonyl (C=O) groups is 1. The van der Waals surface area contributed by atoms with Gasteiger partial charge in [-0.3, -0.25) is 0 Å². The van der Waals surface area contributed by atoms with Crippen LogP contribution in [0.25, 0.3) is 0 Å². The predicted molar refractivity (Wildman–Crippen MR) is 63.9 cm³/mol. The molecule has 2 nitrogen and oxygen atoms in total. The lowest BCUT2D eigenvalue weighted by molar-refractivity contribution is 0.0364. The number of carbonyl (C=O) groups excluding carboxylic acids is 1. The van der Waals surface area contributed by atoms with E-state index < -0.39 is 0 Å². The van der Waals surface area contributed by atoms with Crippen molar-refractivity contribution in [1.29, 1.82) is 0 Å². The van der Waals surface area contributed by atoms with E-state index in [1.54, 1.807) is 0 Å². The molecule has 0 radical (unpaired) electrons. The van der Waals surface area contributed by atoms with Gasteiger partial charge in [-0.25, -0.2) is 4.79 Å². The molecule has 1 aromatic rings. The Morgan fingerprint density at radius 2 is 2.19 bits per heavy atom. The lowest BCUT2D eigenvalue weighted by atomic mass is 9.98. The number of fused-ring (bicyclic) bond motifs is 1. The summed E-state index contributed by atoms with van der Waals surface area (Å²) in [7, 11) is 0. The van der Waals surface area contributed by atoms with Crippen LogP contribution in [0.1, 0.15) is 46.9 Å². The lowest BCUT2D eigenvalue weighted by Crippen LogP contribution is -1.99. The molecule has 0 aromatic heterocycles. The predicted octanol–water partition coefficient (Wildman–Crippen LogP) is 3.62. The third-order valence-corrected chi connectivity index (χ3v) is 3.22. The molecule has 1 aliphatic rings. The van der Waals surface area contributed by atoms with Gasteiger partial charge < -0.3 is 4.74 Å². The van der Waals surface area contributed by atoms with E-state index in [4.69, 9.17) is 16.3 Å². The van der Waals surface area contributed by atoms with E-state index in [-0.39, 0.29) is 12.1 Å². The number of alkyl halides is 1. The third kappa shape index (κ3) is 2.07. The van der Waals surface area contributed by atoms with Crippen molar-refractivity contribution in [2.75, 3.05) is 5.88 Å². The van der Waals surface area contributed by atoms with Crippen LogP contribution in [0, 0.1) is 6.92 Å². The Morgan fingerprint density at radius 1 is 1.38 bits per heavy atom. The van der Waals surface area contributed by atoms with Crippen LogP contribution in [0.4, 0.5) is 0 Å². The maximum Gasteiger partial charge on any atom is 0.339 e. The largest absolute Gasteiger partial charge is 0.454 e. The van der Waals surface area contributed by atoms with Gasteiger partial charge in [-0.15, -0.1) is 11.6 Å². The molecule has 0 fully saturated rings. The second-order valence-electron chi connectivity index (χ2n) is 4.12. The van der Waals surface area contributed by atoms with Crippen molar-refractivity contribution in [3.63, 3.8) is 0 Å². The average molecular weight is 239 g/mol. The zero-order chi connectivity index (χ0) is 11.5. The van der Waals surface area contributed by atoms with Gasteiger partial charge in [-0.2, -0.15) is 0 Å². The first-order valence-corrected chi connectivity index (χ1v) is 6.14. The number of hydrogen-bond acceptors (Lipinski definition) is 2. The Kier molecular flexibility index (Phi) is 3.49. The van der Waals surface area contributed by atoms with Crippen LogP contribution in [0.15, 0.2) is 18.2 Å². The van der Waals surface area contributed by atoms with Gasteiger partial charge in [0, 0.05) is 11.4 Å². The van der Waals surface area contributed by atoms with Crippen LogP contribution in [-0.4, -0.2) is 11.8 Å². The molecule has 3 heteroatoms. The highest BCUT2D eigenvalue weighted by Crippen LogP contribution is 2.35. The first-order valence-electron chi connectivity index (χ1n) is 5.60. The molecule has 0 amide bonds. The molecule has 16 heavy (non-hydrogen) atoms. The van der Waals surface area contributed by atoms with Gasteiger partial charge in [0.1, 0.15) is 6.10 Å². The van der Waals surface area contributed by atoms with E-state index in [9.17, 15) is 4.79 Å². The molecule has 0 saturated carbocycles. The van der Waals surface area contributed by atoms with E-state index in [0.717, 1.165) is 36.0 Å². The first-order chi connectivity index (χ1) is 7.74. The lowest BCUT2D eigenvalue weighted by Gasteiger charge is -2.09. The van der Waals surface area contributed by atoms with E-state index in [2.05, 4.69) is 0 Å². The fraction of sp³-hybridized carbons (Fsp3) is 0.462. The van der Waals surface area contributed by atoms with Gasteiger partial charge in [0.15, 0.2) is 0 Å². The summed E-state index contributed by atoms with van der Waals surface area (Å²) in [6, 6.07) is 5.91. The molecule has 1 aliphatic heterocycles. The van der Waals surface area contributed by atoms with Crippen LogP contribution in [-0.2, 0) is 4.74 Å². The number of unbranched alkanes of at least 4 members (excludes halogenated alkanes) is 1. The molecular formula is C13H15ClO2.